The first-order valence-corrected chi connectivity index (χ1v) is 7.24. The first kappa shape index (κ1) is 14.1. The molecule has 1 aromatic carbocycles. The lowest BCUT2D eigenvalue weighted by Gasteiger charge is -2.26. The summed E-state index contributed by atoms with van der Waals surface area (Å²) in [5.41, 5.74) is 1.09. The van der Waals surface area contributed by atoms with Gasteiger partial charge < -0.3 is 10.4 Å². The summed E-state index contributed by atoms with van der Waals surface area (Å²) in [7, 11) is 0. The number of nitrogens with one attached hydrogen (secondary N) is 1. The summed E-state index contributed by atoms with van der Waals surface area (Å²) >= 11 is 0. The Kier molecular flexibility index (Phi) is 5.40. The van der Waals surface area contributed by atoms with Crippen LogP contribution >= 0.6 is 0 Å². The summed E-state index contributed by atoms with van der Waals surface area (Å²) in [6.45, 7) is 0.539. The van der Waals surface area contributed by atoms with E-state index in [1.165, 1.54) is 19.3 Å². The van der Waals surface area contributed by atoms with Crippen molar-refractivity contribution < 1.29 is 9.90 Å². The van der Waals surface area contributed by atoms with Gasteiger partial charge in [-0.05, 0) is 24.3 Å². The molecule has 1 aliphatic carbocycles. The Balaban J connectivity index is 1.71. The monoisotopic (exact) mass is 261 g/mol. The van der Waals surface area contributed by atoms with Gasteiger partial charge in [0.2, 0.25) is 5.91 Å². The Labute approximate surface area is 115 Å². The van der Waals surface area contributed by atoms with Gasteiger partial charge in [0, 0.05) is 6.54 Å². The van der Waals surface area contributed by atoms with Crippen LogP contribution < -0.4 is 5.32 Å². The zero-order valence-electron chi connectivity index (χ0n) is 11.3. The van der Waals surface area contributed by atoms with Gasteiger partial charge in [-0.3, -0.25) is 4.79 Å². The molecule has 0 unspecified atom stereocenters. The number of hydrogen-bond acceptors (Lipinski definition) is 2. The first-order chi connectivity index (χ1) is 9.25. The van der Waals surface area contributed by atoms with Gasteiger partial charge in [0.15, 0.2) is 0 Å². The predicted octanol–water partition coefficient (Wildman–Crippen LogP) is 2.63. The van der Waals surface area contributed by atoms with Crippen molar-refractivity contribution in [3.8, 4) is 0 Å². The molecule has 0 aliphatic heterocycles. The van der Waals surface area contributed by atoms with Gasteiger partial charge in [0.1, 0.15) is 0 Å². The molecule has 19 heavy (non-hydrogen) atoms. The second-order valence-corrected chi connectivity index (χ2v) is 5.43. The second kappa shape index (κ2) is 7.29. The van der Waals surface area contributed by atoms with E-state index in [0.717, 1.165) is 18.4 Å². The highest BCUT2D eigenvalue weighted by molar-refractivity contribution is 5.76. The Morgan fingerprint density at radius 2 is 1.89 bits per heavy atom. The molecule has 3 heteroatoms. The molecule has 2 rings (SSSR count). The molecule has 1 aliphatic rings. The summed E-state index contributed by atoms with van der Waals surface area (Å²) in [6.07, 6.45) is 5.53. The molecule has 1 atom stereocenters. The molecular weight excluding hydrogens is 238 g/mol. The molecule has 0 radical (unpaired) electrons. The molecule has 0 heterocycles. The van der Waals surface area contributed by atoms with Crippen LogP contribution in [-0.4, -0.2) is 17.1 Å². The lowest BCUT2D eigenvalue weighted by molar-refractivity contribution is -0.124. The van der Waals surface area contributed by atoms with Crippen LogP contribution in [0.15, 0.2) is 30.3 Å². The fourth-order valence-electron chi connectivity index (χ4n) is 2.74. The number of aliphatic hydroxyl groups excluding tert-OH is 1. The minimum Gasteiger partial charge on any atom is -0.392 e. The zero-order chi connectivity index (χ0) is 13.5. The van der Waals surface area contributed by atoms with E-state index < -0.39 is 6.10 Å². The summed E-state index contributed by atoms with van der Waals surface area (Å²) < 4.78 is 0. The molecule has 1 fully saturated rings. The molecule has 1 aromatic rings. The number of amides is 1. The number of carbonyl (C=O) groups excluding carboxylic acids is 1. The van der Waals surface area contributed by atoms with Crippen molar-refractivity contribution >= 4 is 5.91 Å². The lowest BCUT2D eigenvalue weighted by atomic mass is 9.84. The van der Waals surface area contributed by atoms with Gasteiger partial charge in [-0.25, -0.2) is 0 Å². The summed E-state index contributed by atoms with van der Waals surface area (Å²) in [5, 5.41) is 13.0. The Hall–Kier alpha value is -1.35. The van der Waals surface area contributed by atoms with E-state index >= 15 is 0 Å². The maximum Gasteiger partial charge on any atom is 0.222 e. The van der Waals surface area contributed by atoms with Crippen molar-refractivity contribution in [1.82, 2.24) is 5.32 Å². The summed E-state index contributed by atoms with van der Waals surface area (Å²) in [5.74, 6) is 0.262. The third-order valence-electron chi connectivity index (χ3n) is 3.92. The van der Waals surface area contributed by atoms with Gasteiger partial charge in [-0.1, -0.05) is 49.6 Å². The molecule has 1 amide bonds. The van der Waals surface area contributed by atoms with E-state index in [9.17, 15) is 9.90 Å². The molecule has 0 aromatic heterocycles. The number of hydrogen-bond donors (Lipinski definition) is 2. The molecule has 104 valence electrons. The third kappa shape index (κ3) is 4.67. The Morgan fingerprint density at radius 3 is 2.58 bits per heavy atom. The molecule has 3 nitrogen and oxygen atoms in total. The van der Waals surface area contributed by atoms with Gasteiger partial charge in [0.25, 0.3) is 0 Å². The van der Waals surface area contributed by atoms with E-state index in [-0.39, 0.29) is 12.3 Å². The van der Waals surface area contributed by atoms with Crippen LogP contribution in [0.3, 0.4) is 0 Å². The van der Waals surface area contributed by atoms with Crippen molar-refractivity contribution in [1.29, 1.82) is 0 Å². The average Bonchev–Trinajstić information content (AvgIpc) is 2.47. The van der Waals surface area contributed by atoms with Crippen LogP contribution in [0.1, 0.15) is 44.1 Å². The van der Waals surface area contributed by atoms with E-state index in [4.69, 9.17) is 0 Å². The van der Waals surface area contributed by atoms with Crippen molar-refractivity contribution in [3.63, 3.8) is 0 Å². The lowest BCUT2D eigenvalue weighted by Crippen LogP contribution is -2.31. The van der Waals surface area contributed by atoms with Gasteiger partial charge in [-0.15, -0.1) is 0 Å². The van der Waals surface area contributed by atoms with Gasteiger partial charge >= 0.3 is 0 Å². The third-order valence-corrected chi connectivity index (χ3v) is 3.92. The standard InChI is InChI=1S/C16H23NO2/c18-15(14-9-5-2-6-10-14)11-16(19)17-12-13-7-3-1-4-8-13/h1,3-4,7-8,14-15,18H,2,5-6,9-12H2,(H,17,19)/t15-/m1/s1. The van der Waals surface area contributed by atoms with Crippen LogP contribution in [0, 0.1) is 5.92 Å². The highest BCUT2D eigenvalue weighted by atomic mass is 16.3. The number of carbonyl (C=O) groups is 1. The quantitative estimate of drug-likeness (QED) is 0.856. The molecule has 1 saturated carbocycles. The topological polar surface area (TPSA) is 49.3 Å². The second-order valence-electron chi connectivity index (χ2n) is 5.43. The van der Waals surface area contributed by atoms with Crippen molar-refractivity contribution in [2.45, 2.75) is 51.2 Å². The minimum absolute atomic E-state index is 0.0538. The maximum atomic E-state index is 11.8. The molecular formula is C16H23NO2. The van der Waals surface area contributed by atoms with Gasteiger partial charge in [-0.2, -0.15) is 0 Å². The van der Waals surface area contributed by atoms with E-state index in [1.54, 1.807) is 0 Å². The summed E-state index contributed by atoms with van der Waals surface area (Å²) in [6, 6.07) is 9.84. The van der Waals surface area contributed by atoms with Gasteiger partial charge in [0.05, 0.1) is 12.5 Å². The van der Waals surface area contributed by atoms with Crippen LogP contribution in [-0.2, 0) is 11.3 Å². The fourth-order valence-corrected chi connectivity index (χ4v) is 2.74. The average molecular weight is 261 g/mol. The first-order valence-electron chi connectivity index (χ1n) is 7.24. The van der Waals surface area contributed by atoms with Crippen molar-refractivity contribution in [2.24, 2.45) is 5.92 Å². The van der Waals surface area contributed by atoms with Crippen LogP contribution in [0.4, 0.5) is 0 Å². The smallest absolute Gasteiger partial charge is 0.222 e. The fraction of sp³-hybridized carbons (Fsp3) is 0.562. The number of benzene rings is 1. The molecule has 0 spiro atoms. The molecule has 0 bridgehead atoms. The van der Waals surface area contributed by atoms with Crippen LogP contribution in [0.5, 0.6) is 0 Å². The van der Waals surface area contributed by atoms with E-state index in [0.29, 0.717) is 12.5 Å². The Morgan fingerprint density at radius 1 is 1.21 bits per heavy atom. The van der Waals surface area contributed by atoms with Crippen LogP contribution in [0.2, 0.25) is 0 Å². The largest absolute Gasteiger partial charge is 0.392 e. The maximum absolute atomic E-state index is 11.8. The molecule has 2 N–H and O–H groups in total. The van der Waals surface area contributed by atoms with E-state index in [2.05, 4.69) is 5.32 Å². The molecule has 0 saturated heterocycles. The number of aliphatic hydroxyl groups is 1. The SMILES string of the molecule is O=C(C[C@@H](O)C1CCCCC1)NCc1ccccc1. The Bertz CT molecular complexity index is 385. The highest BCUT2D eigenvalue weighted by Gasteiger charge is 2.23. The summed E-state index contributed by atoms with van der Waals surface area (Å²) in [4.78, 5) is 11.8. The normalized spacial score (nSPS) is 17.9. The van der Waals surface area contributed by atoms with Crippen molar-refractivity contribution in [2.75, 3.05) is 0 Å². The highest BCUT2D eigenvalue weighted by Crippen LogP contribution is 2.27. The van der Waals surface area contributed by atoms with Crippen LogP contribution in [0.25, 0.3) is 0 Å². The van der Waals surface area contributed by atoms with E-state index in [1.807, 2.05) is 30.3 Å². The predicted molar refractivity (Wildman–Crippen MR) is 75.5 cm³/mol. The number of rotatable bonds is 5. The van der Waals surface area contributed by atoms with Crippen molar-refractivity contribution in [3.05, 3.63) is 35.9 Å². The zero-order valence-corrected chi connectivity index (χ0v) is 11.3. The minimum atomic E-state index is -0.476.